The summed E-state index contributed by atoms with van der Waals surface area (Å²) in [6.07, 6.45) is 1.78. The largest absolute Gasteiger partial charge is 0.384 e. The lowest BCUT2D eigenvalue weighted by Crippen LogP contribution is -2.39. The predicted molar refractivity (Wildman–Crippen MR) is 111 cm³/mol. The normalized spacial score (nSPS) is 19.3. The number of hydrogen-bond acceptors (Lipinski definition) is 4. The van der Waals surface area contributed by atoms with Crippen molar-refractivity contribution in [3.8, 4) is 6.07 Å². The number of nitrogens with zero attached hydrogens (tertiary/aromatic N) is 2. The van der Waals surface area contributed by atoms with Gasteiger partial charge >= 0.3 is 0 Å². The van der Waals surface area contributed by atoms with Crippen LogP contribution in [0.4, 0.5) is 10.1 Å². The van der Waals surface area contributed by atoms with Crippen LogP contribution in [-0.4, -0.2) is 5.78 Å². The van der Waals surface area contributed by atoms with Crippen LogP contribution in [0.25, 0.3) is 0 Å². The second kappa shape index (κ2) is 7.38. The lowest BCUT2D eigenvalue weighted by atomic mass is 9.75. The van der Waals surface area contributed by atoms with Gasteiger partial charge in [0.05, 0.1) is 23.2 Å². The van der Waals surface area contributed by atoms with Crippen molar-refractivity contribution in [2.45, 2.75) is 32.1 Å². The van der Waals surface area contributed by atoms with Gasteiger partial charge in [-0.05, 0) is 55.2 Å². The molecule has 2 aromatic carbocycles. The first-order valence-electron chi connectivity index (χ1n) is 9.40. The number of carbonyl (C=O) groups is 1. The molecule has 146 valence electrons. The number of anilines is 1. The van der Waals surface area contributed by atoms with Gasteiger partial charge in [-0.25, -0.2) is 4.39 Å². The van der Waals surface area contributed by atoms with E-state index >= 15 is 0 Å². The van der Waals surface area contributed by atoms with Crippen LogP contribution in [0.3, 0.4) is 0 Å². The number of Topliss-reactive ketones (excluding diaryl/α,β-unsaturated/α-hetero) is 1. The lowest BCUT2D eigenvalue weighted by Gasteiger charge is -2.40. The summed E-state index contributed by atoms with van der Waals surface area (Å²) in [5.74, 6) is -0.703. The first-order valence-corrected chi connectivity index (χ1v) is 9.78. The third kappa shape index (κ3) is 3.10. The summed E-state index contributed by atoms with van der Waals surface area (Å²) >= 11 is 6.33. The fourth-order valence-corrected chi connectivity index (χ4v) is 4.36. The van der Waals surface area contributed by atoms with E-state index < -0.39 is 5.92 Å². The van der Waals surface area contributed by atoms with E-state index in [1.807, 2.05) is 19.1 Å². The summed E-state index contributed by atoms with van der Waals surface area (Å²) in [6, 6.07) is 13.6. The molecule has 0 saturated carbocycles. The van der Waals surface area contributed by atoms with Gasteiger partial charge in [0.1, 0.15) is 11.6 Å². The summed E-state index contributed by atoms with van der Waals surface area (Å²) in [5.41, 5.74) is 10.4. The van der Waals surface area contributed by atoms with Crippen molar-refractivity contribution in [2.75, 3.05) is 4.90 Å². The first kappa shape index (κ1) is 19.2. The molecule has 2 aliphatic rings. The molecule has 0 unspecified atom stereocenters. The second-order valence-electron chi connectivity index (χ2n) is 7.25. The molecule has 0 bridgehead atoms. The molecule has 2 N–H and O–H groups in total. The molecular formula is C23H19ClFN3O. The van der Waals surface area contributed by atoms with Gasteiger partial charge in [-0.15, -0.1) is 0 Å². The topological polar surface area (TPSA) is 70.1 Å². The SMILES string of the molecule is Cc1c(Cl)cccc1N1C(N)=C(C#N)[C@@H](c2ccc(F)cc2)C2=C1CCCC2=O. The molecule has 4 nitrogen and oxygen atoms in total. The molecule has 0 aromatic heterocycles. The Morgan fingerprint density at radius 3 is 2.62 bits per heavy atom. The highest BCUT2D eigenvalue weighted by atomic mass is 35.5. The number of allylic oxidation sites excluding steroid dienone is 3. The highest BCUT2D eigenvalue weighted by Crippen LogP contribution is 2.47. The number of nitriles is 1. The van der Waals surface area contributed by atoms with E-state index in [4.69, 9.17) is 17.3 Å². The molecule has 1 aliphatic heterocycles. The molecule has 6 heteroatoms. The van der Waals surface area contributed by atoms with Gasteiger partial charge in [-0.2, -0.15) is 5.26 Å². The van der Waals surface area contributed by atoms with Gasteiger partial charge in [0, 0.05) is 22.7 Å². The minimum absolute atomic E-state index is 0.00879. The van der Waals surface area contributed by atoms with Crippen molar-refractivity contribution < 1.29 is 9.18 Å². The Morgan fingerprint density at radius 2 is 1.93 bits per heavy atom. The molecule has 0 saturated heterocycles. The van der Waals surface area contributed by atoms with E-state index in [0.717, 1.165) is 16.9 Å². The van der Waals surface area contributed by atoms with Crippen molar-refractivity contribution >= 4 is 23.1 Å². The Bertz CT molecular complexity index is 1110. The van der Waals surface area contributed by atoms with Crippen LogP contribution in [0.2, 0.25) is 5.02 Å². The molecule has 1 atom stereocenters. The van der Waals surface area contributed by atoms with Gasteiger partial charge in [-0.1, -0.05) is 29.8 Å². The van der Waals surface area contributed by atoms with Crippen LogP contribution in [0.5, 0.6) is 0 Å². The molecule has 0 fully saturated rings. The maximum absolute atomic E-state index is 13.5. The summed E-state index contributed by atoms with van der Waals surface area (Å²) in [4.78, 5) is 14.8. The second-order valence-corrected chi connectivity index (χ2v) is 7.66. The average molecular weight is 408 g/mol. The average Bonchev–Trinajstić information content (AvgIpc) is 2.71. The fourth-order valence-electron chi connectivity index (χ4n) is 4.19. The number of rotatable bonds is 2. The zero-order chi connectivity index (χ0) is 20.7. The molecule has 0 amide bonds. The van der Waals surface area contributed by atoms with Crippen molar-refractivity contribution in [3.05, 3.63) is 87.1 Å². The number of hydrogen-bond donors (Lipinski definition) is 1. The summed E-state index contributed by atoms with van der Waals surface area (Å²) in [6.45, 7) is 1.88. The van der Waals surface area contributed by atoms with Crippen LogP contribution < -0.4 is 10.6 Å². The zero-order valence-electron chi connectivity index (χ0n) is 15.9. The van der Waals surface area contributed by atoms with Crippen LogP contribution in [-0.2, 0) is 4.79 Å². The van der Waals surface area contributed by atoms with Gasteiger partial charge in [0.2, 0.25) is 0 Å². The number of nitrogens with two attached hydrogens (primary N) is 1. The zero-order valence-corrected chi connectivity index (χ0v) is 16.6. The number of ketones is 1. The molecule has 0 spiro atoms. The smallest absolute Gasteiger partial charge is 0.161 e. The quantitative estimate of drug-likeness (QED) is 0.752. The molecular weight excluding hydrogens is 389 g/mol. The Morgan fingerprint density at radius 1 is 1.21 bits per heavy atom. The van der Waals surface area contributed by atoms with E-state index in [1.54, 1.807) is 23.1 Å². The molecule has 29 heavy (non-hydrogen) atoms. The molecule has 4 rings (SSSR count). The number of benzene rings is 2. The maximum atomic E-state index is 13.5. The van der Waals surface area contributed by atoms with E-state index in [1.165, 1.54) is 12.1 Å². The summed E-state index contributed by atoms with van der Waals surface area (Å²) in [7, 11) is 0. The Kier molecular flexibility index (Phi) is 4.89. The van der Waals surface area contributed by atoms with Crippen LogP contribution in [0, 0.1) is 24.1 Å². The molecule has 0 radical (unpaired) electrons. The van der Waals surface area contributed by atoms with Crippen molar-refractivity contribution in [2.24, 2.45) is 5.73 Å². The molecule has 2 aromatic rings. The van der Waals surface area contributed by atoms with E-state index in [-0.39, 0.29) is 23.0 Å². The van der Waals surface area contributed by atoms with E-state index in [0.29, 0.717) is 35.4 Å². The number of halogens is 2. The Balaban J connectivity index is 1.99. The van der Waals surface area contributed by atoms with Gasteiger partial charge < -0.3 is 5.73 Å². The minimum Gasteiger partial charge on any atom is -0.384 e. The third-order valence-corrected chi connectivity index (χ3v) is 6.01. The Labute approximate surface area is 173 Å². The van der Waals surface area contributed by atoms with Crippen LogP contribution >= 0.6 is 11.6 Å². The summed E-state index contributed by atoms with van der Waals surface area (Å²) in [5, 5.41) is 10.5. The van der Waals surface area contributed by atoms with Crippen molar-refractivity contribution in [1.82, 2.24) is 0 Å². The van der Waals surface area contributed by atoms with E-state index in [2.05, 4.69) is 6.07 Å². The van der Waals surface area contributed by atoms with Crippen LogP contribution in [0.15, 0.2) is 65.1 Å². The first-order chi connectivity index (χ1) is 13.9. The predicted octanol–water partition coefficient (Wildman–Crippen LogP) is 5.09. The lowest BCUT2D eigenvalue weighted by molar-refractivity contribution is -0.116. The van der Waals surface area contributed by atoms with Crippen molar-refractivity contribution in [3.63, 3.8) is 0 Å². The highest BCUT2D eigenvalue weighted by molar-refractivity contribution is 6.31. The molecule has 1 aliphatic carbocycles. The van der Waals surface area contributed by atoms with Crippen LogP contribution in [0.1, 0.15) is 36.3 Å². The Hall–Kier alpha value is -3.10. The fraction of sp³-hybridized carbons (Fsp3) is 0.217. The minimum atomic E-state index is -0.598. The standard InChI is InChI=1S/C23H19ClFN3O/c1-13-17(24)4-2-5-18(13)28-19-6-3-7-20(29)22(19)21(16(12-26)23(28)27)14-8-10-15(25)11-9-14/h2,4-5,8-11,21H,3,6-7,27H2,1H3/t21-/m1/s1. The van der Waals surface area contributed by atoms with E-state index in [9.17, 15) is 14.4 Å². The van der Waals surface area contributed by atoms with Gasteiger partial charge in [-0.3, -0.25) is 9.69 Å². The number of carbonyl (C=O) groups excluding carboxylic acids is 1. The van der Waals surface area contributed by atoms with Gasteiger partial charge in [0.25, 0.3) is 0 Å². The summed E-state index contributed by atoms with van der Waals surface area (Å²) < 4.78 is 13.5. The molecule has 1 heterocycles. The van der Waals surface area contributed by atoms with Crippen molar-refractivity contribution in [1.29, 1.82) is 5.26 Å². The highest BCUT2D eigenvalue weighted by Gasteiger charge is 2.40. The third-order valence-electron chi connectivity index (χ3n) is 5.60. The van der Waals surface area contributed by atoms with Gasteiger partial charge in [0.15, 0.2) is 5.78 Å². The maximum Gasteiger partial charge on any atom is 0.161 e. The monoisotopic (exact) mass is 407 g/mol.